The molecule has 2 heterocycles. The zero-order valence-electron chi connectivity index (χ0n) is 15.8. The molecule has 1 amide bonds. The summed E-state index contributed by atoms with van der Waals surface area (Å²) in [6, 6.07) is 7.67. The molecule has 0 saturated heterocycles. The highest BCUT2D eigenvalue weighted by Crippen LogP contribution is 2.26. The number of hydrogen-bond acceptors (Lipinski definition) is 6. The minimum Gasteiger partial charge on any atom is -0.464 e. The first-order valence-electron chi connectivity index (χ1n) is 8.49. The first-order chi connectivity index (χ1) is 13.3. The molecule has 146 valence electrons. The van der Waals surface area contributed by atoms with Crippen LogP contribution >= 0.6 is 0 Å². The summed E-state index contributed by atoms with van der Waals surface area (Å²) in [7, 11) is 3.52. The highest BCUT2D eigenvalue weighted by molar-refractivity contribution is 5.91. The van der Waals surface area contributed by atoms with Crippen molar-refractivity contribution in [3.8, 4) is 5.75 Å². The van der Waals surface area contributed by atoms with Gasteiger partial charge in [0.1, 0.15) is 0 Å². The molecule has 10 heteroatoms. The van der Waals surface area contributed by atoms with Crippen LogP contribution in [0.15, 0.2) is 42.7 Å². The summed E-state index contributed by atoms with van der Waals surface area (Å²) in [6.45, 7) is 2.25. The third-order valence-electron chi connectivity index (χ3n) is 4.14. The maximum atomic E-state index is 12.6. The first-order valence-corrected chi connectivity index (χ1v) is 8.49. The van der Waals surface area contributed by atoms with E-state index >= 15 is 0 Å². The second-order valence-electron chi connectivity index (χ2n) is 6.31. The minimum atomic E-state index is -0.511. The number of hydrogen-bond donors (Lipinski definition) is 0. The number of nitro groups is 1. The van der Waals surface area contributed by atoms with Crippen LogP contribution in [-0.2, 0) is 20.3 Å². The van der Waals surface area contributed by atoms with Crippen LogP contribution in [0.2, 0.25) is 0 Å². The van der Waals surface area contributed by atoms with Crippen LogP contribution in [0, 0.1) is 17.0 Å². The Kier molecular flexibility index (Phi) is 5.39. The fourth-order valence-electron chi connectivity index (χ4n) is 2.74. The Morgan fingerprint density at radius 3 is 2.71 bits per heavy atom. The van der Waals surface area contributed by atoms with Gasteiger partial charge in [0.2, 0.25) is 0 Å². The zero-order chi connectivity index (χ0) is 20.3. The molecule has 0 aliphatic carbocycles. The van der Waals surface area contributed by atoms with Crippen molar-refractivity contribution in [1.29, 1.82) is 0 Å². The Morgan fingerprint density at radius 2 is 2.04 bits per heavy atom. The summed E-state index contributed by atoms with van der Waals surface area (Å²) >= 11 is 0. The number of aryl methyl sites for hydroxylation is 2. The molecule has 0 radical (unpaired) electrons. The van der Waals surface area contributed by atoms with Gasteiger partial charge in [-0.25, -0.2) is 4.68 Å². The smallest absolute Gasteiger partial charge is 0.311 e. The Balaban J connectivity index is 1.64. The van der Waals surface area contributed by atoms with Gasteiger partial charge in [-0.3, -0.25) is 19.6 Å². The Labute approximate surface area is 161 Å². The van der Waals surface area contributed by atoms with E-state index in [1.54, 1.807) is 41.0 Å². The monoisotopic (exact) mass is 384 g/mol. The molecule has 0 aliphatic rings. The van der Waals surface area contributed by atoms with Crippen molar-refractivity contribution in [2.75, 3.05) is 7.05 Å². The first kappa shape index (κ1) is 19.1. The highest BCUT2D eigenvalue weighted by atomic mass is 16.6. The molecule has 0 atom stereocenters. The average Bonchev–Trinajstić information content (AvgIpc) is 3.25. The number of para-hydroxylation sites is 2. The second kappa shape index (κ2) is 7.91. The molecule has 0 saturated carbocycles. The normalized spacial score (nSPS) is 10.7. The molecule has 0 fully saturated rings. The van der Waals surface area contributed by atoms with Gasteiger partial charge < -0.3 is 9.64 Å². The van der Waals surface area contributed by atoms with Gasteiger partial charge in [-0.1, -0.05) is 12.1 Å². The largest absolute Gasteiger partial charge is 0.464 e. The topological polar surface area (TPSA) is 108 Å². The van der Waals surface area contributed by atoms with Gasteiger partial charge >= 0.3 is 5.69 Å². The standard InChI is InChI=1S/C18H20N6O4/c1-13-14(11-22(3)19-13)10-21(2)18(25)15-8-9-23(20-15)12-28-17-7-5-4-6-16(17)24(26)27/h4-9,11H,10,12H2,1-3H3. The summed E-state index contributed by atoms with van der Waals surface area (Å²) in [5.41, 5.74) is 1.95. The van der Waals surface area contributed by atoms with E-state index in [9.17, 15) is 14.9 Å². The summed E-state index contributed by atoms with van der Waals surface area (Å²) in [4.78, 5) is 24.7. The SMILES string of the molecule is Cc1nn(C)cc1CN(C)C(=O)c1ccn(COc2ccccc2[N+](=O)[O-])n1. The summed E-state index contributed by atoms with van der Waals surface area (Å²) in [5, 5.41) is 19.5. The molecule has 3 rings (SSSR count). The lowest BCUT2D eigenvalue weighted by molar-refractivity contribution is -0.386. The van der Waals surface area contributed by atoms with E-state index in [1.807, 2.05) is 20.2 Å². The molecule has 0 bridgehead atoms. The lowest BCUT2D eigenvalue weighted by atomic mass is 10.2. The van der Waals surface area contributed by atoms with E-state index in [-0.39, 0.29) is 29.8 Å². The lowest BCUT2D eigenvalue weighted by Gasteiger charge is -2.15. The predicted octanol–water partition coefficient (Wildman–Crippen LogP) is 2.14. The lowest BCUT2D eigenvalue weighted by Crippen LogP contribution is -2.27. The Bertz CT molecular complexity index is 1010. The van der Waals surface area contributed by atoms with Gasteiger partial charge in [0.05, 0.1) is 10.6 Å². The van der Waals surface area contributed by atoms with Crippen molar-refractivity contribution < 1.29 is 14.5 Å². The fourth-order valence-corrected chi connectivity index (χ4v) is 2.74. The maximum absolute atomic E-state index is 12.6. The molecular formula is C18H20N6O4. The van der Waals surface area contributed by atoms with Crippen LogP contribution < -0.4 is 4.74 Å². The van der Waals surface area contributed by atoms with Crippen LogP contribution in [0.1, 0.15) is 21.7 Å². The van der Waals surface area contributed by atoms with Crippen LogP contribution in [0.4, 0.5) is 5.69 Å². The highest BCUT2D eigenvalue weighted by Gasteiger charge is 2.18. The van der Waals surface area contributed by atoms with Crippen molar-refractivity contribution in [1.82, 2.24) is 24.5 Å². The molecule has 0 aliphatic heterocycles. The molecule has 0 N–H and O–H groups in total. The van der Waals surface area contributed by atoms with Crippen molar-refractivity contribution in [2.24, 2.45) is 7.05 Å². The number of carbonyl (C=O) groups is 1. The number of carbonyl (C=O) groups excluding carboxylic acids is 1. The van der Waals surface area contributed by atoms with Crippen LogP contribution in [-0.4, -0.2) is 42.3 Å². The van der Waals surface area contributed by atoms with Gasteiger partial charge in [0.25, 0.3) is 5.91 Å². The quantitative estimate of drug-likeness (QED) is 0.456. The molecule has 3 aromatic rings. The van der Waals surface area contributed by atoms with E-state index in [2.05, 4.69) is 10.2 Å². The third kappa shape index (κ3) is 4.17. The van der Waals surface area contributed by atoms with E-state index in [0.717, 1.165) is 11.3 Å². The minimum absolute atomic E-state index is 0.0520. The van der Waals surface area contributed by atoms with Gasteiger partial charge in [-0.15, -0.1) is 0 Å². The molecule has 0 spiro atoms. The van der Waals surface area contributed by atoms with E-state index < -0.39 is 4.92 Å². The van der Waals surface area contributed by atoms with Crippen molar-refractivity contribution in [3.63, 3.8) is 0 Å². The average molecular weight is 384 g/mol. The van der Waals surface area contributed by atoms with Gasteiger partial charge in [0.15, 0.2) is 18.2 Å². The number of nitrogens with zero attached hydrogens (tertiary/aromatic N) is 6. The molecule has 28 heavy (non-hydrogen) atoms. The van der Waals surface area contributed by atoms with Crippen molar-refractivity contribution >= 4 is 11.6 Å². The third-order valence-corrected chi connectivity index (χ3v) is 4.14. The van der Waals surface area contributed by atoms with Crippen LogP contribution in [0.25, 0.3) is 0 Å². The summed E-state index contributed by atoms with van der Waals surface area (Å²) < 4.78 is 8.59. The number of ether oxygens (including phenoxy) is 1. The summed E-state index contributed by atoms with van der Waals surface area (Å²) in [5.74, 6) is -0.104. The van der Waals surface area contributed by atoms with Crippen LogP contribution in [0.5, 0.6) is 5.75 Å². The fraction of sp³-hybridized carbons (Fsp3) is 0.278. The van der Waals surface area contributed by atoms with Gasteiger partial charge in [-0.05, 0) is 19.1 Å². The number of nitro benzene ring substituents is 1. The number of rotatable bonds is 7. The van der Waals surface area contributed by atoms with Crippen molar-refractivity contribution in [2.45, 2.75) is 20.2 Å². The van der Waals surface area contributed by atoms with Crippen molar-refractivity contribution in [3.05, 3.63) is 69.8 Å². The molecule has 1 aromatic carbocycles. The van der Waals surface area contributed by atoms with Gasteiger partial charge in [-0.2, -0.15) is 10.2 Å². The Morgan fingerprint density at radius 1 is 1.29 bits per heavy atom. The zero-order valence-corrected chi connectivity index (χ0v) is 15.8. The maximum Gasteiger partial charge on any atom is 0.311 e. The Hall–Kier alpha value is -3.69. The summed E-state index contributed by atoms with van der Waals surface area (Å²) in [6.07, 6.45) is 3.46. The number of amides is 1. The predicted molar refractivity (Wildman–Crippen MR) is 99.7 cm³/mol. The van der Waals surface area contributed by atoms with E-state index in [0.29, 0.717) is 6.54 Å². The molecular weight excluding hydrogens is 364 g/mol. The van der Waals surface area contributed by atoms with Gasteiger partial charge in [0, 0.05) is 44.7 Å². The van der Waals surface area contributed by atoms with Crippen LogP contribution in [0.3, 0.4) is 0 Å². The molecule has 0 unspecified atom stereocenters. The molecule has 2 aromatic heterocycles. The molecule has 10 nitrogen and oxygen atoms in total. The number of aromatic nitrogens is 4. The number of benzene rings is 1. The van der Waals surface area contributed by atoms with E-state index in [1.165, 1.54) is 16.8 Å². The van der Waals surface area contributed by atoms with E-state index in [4.69, 9.17) is 4.74 Å². The second-order valence-corrected chi connectivity index (χ2v) is 6.31.